The Bertz CT molecular complexity index is 709. The third kappa shape index (κ3) is 2.81. The molecule has 0 atom stereocenters. The van der Waals surface area contributed by atoms with Crippen LogP contribution < -0.4 is 11.4 Å². The summed E-state index contributed by atoms with van der Waals surface area (Å²) in [6.45, 7) is 2.38. The minimum absolute atomic E-state index is 0.0585. The lowest BCUT2D eigenvalue weighted by Crippen LogP contribution is -2.16. The molecule has 9 heteroatoms. The van der Waals surface area contributed by atoms with E-state index in [0.29, 0.717) is 22.3 Å². The average molecular weight is 314 g/mol. The van der Waals surface area contributed by atoms with Crippen LogP contribution in [0, 0.1) is 0 Å². The van der Waals surface area contributed by atoms with Crippen molar-refractivity contribution in [3.63, 3.8) is 0 Å². The van der Waals surface area contributed by atoms with Gasteiger partial charge in [0.2, 0.25) is 0 Å². The van der Waals surface area contributed by atoms with Gasteiger partial charge in [-0.15, -0.1) is 5.10 Å². The van der Waals surface area contributed by atoms with E-state index in [1.165, 1.54) is 16.3 Å². The van der Waals surface area contributed by atoms with E-state index in [0.717, 1.165) is 4.90 Å². The monoisotopic (exact) mass is 313 g/mol. The first-order valence-electron chi connectivity index (χ1n) is 5.67. The van der Waals surface area contributed by atoms with Gasteiger partial charge in [0, 0.05) is 17.0 Å². The fourth-order valence-corrected chi connectivity index (χ4v) is 2.87. The second-order valence-electron chi connectivity index (χ2n) is 3.78. The zero-order valence-corrected chi connectivity index (χ0v) is 12.1. The summed E-state index contributed by atoms with van der Waals surface area (Å²) in [6.07, 6.45) is 0. The molecule has 7 nitrogen and oxygen atoms in total. The van der Waals surface area contributed by atoms with Crippen molar-refractivity contribution < 1.29 is 5.21 Å². The van der Waals surface area contributed by atoms with E-state index in [9.17, 15) is 4.79 Å². The molecule has 0 aliphatic rings. The molecule has 0 bridgehead atoms. The number of oxime groups is 1. The second kappa shape index (κ2) is 6.02. The summed E-state index contributed by atoms with van der Waals surface area (Å²) in [5.74, 6) is -0.0585. The van der Waals surface area contributed by atoms with Crippen LogP contribution in [-0.4, -0.2) is 25.8 Å². The van der Waals surface area contributed by atoms with Gasteiger partial charge in [0.15, 0.2) is 11.0 Å². The molecule has 0 fully saturated rings. The molecular formula is C11H12ClN5O2S. The summed E-state index contributed by atoms with van der Waals surface area (Å²) in [5.41, 5.74) is 5.68. The molecule has 0 radical (unpaired) electrons. The molecule has 1 heterocycles. The zero-order valence-electron chi connectivity index (χ0n) is 10.5. The van der Waals surface area contributed by atoms with Gasteiger partial charge in [-0.3, -0.25) is 4.57 Å². The summed E-state index contributed by atoms with van der Waals surface area (Å²) in [5, 5.41) is 18.8. The molecule has 0 spiro atoms. The first kappa shape index (κ1) is 14.5. The van der Waals surface area contributed by atoms with Gasteiger partial charge >= 0.3 is 5.69 Å². The molecule has 20 heavy (non-hydrogen) atoms. The van der Waals surface area contributed by atoms with Crippen molar-refractivity contribution in [2.45, 2.75) is 23.5 Å². The highest BCUT2D eigenvalue weighted by atomic mass is 35.5. The van der Waals surface area contributed by atoms with E-state index in [1.54, 1.807) is 18.2 Å². The van der Waals surface area contributed by atoms with E-state index in [2.05, 4.69) is 15.4 Å². The number of hydrogen-bond donors (Lipinski definition) is 3. The molecule has 0 saturated carbocycles. The molecule has 0 saturated heterocycles. The number of nitrogens with two attached hydrogens (primary N) is 1. The maximum Gasteiger partial charge on any atom is 0.343 e. The molecule has 1 aromatic heterocycles. The normalized spacial score (nSPS) is 11.8. The Morgan fingerprint density at radius 2 is 2.40 bits per heavy atom. The van der Waals surface area contributed by atoms with Gasteiger partial charge < -0.3 is 10.9 Å². The Labute approximate surface area is 123 Å². The molecule has 0 amide bonds. The van der Waals surface area contributed by atoms with Crippen LogP contribution in [0.3, 0.4) is 0 Å². The van der Waals surface area contributed by atoms with Gasteiger partial charge in [0.1, 0.15) is 0 Å². The molecule has 2 rings (SSSR count). The first-order chi connectivity index (χ1) is 9.56. The Balaban J connectivity index is 2.31. The highest BCUT2D eigenvalue weighted by Gasteiger charge is 2.11. The summed E-state index contributed by atoms with van der Waals surface area (Å²) < 4.78 is 1.51. The number of nitrogens with zero attached hydrogens (tertiary/aromatic N) is 3. The van der Waals surface area contributed by atoms with Crippen LogP contribution in [-0.2, 0) is 6.54 Å². The first-order valence-corrected chi connectivity index (χ1v) is 6.86. The van der Waals surface area contributed by atoms with Gasteiger partial charge in [-0.25, -0.2) is 9.89 Å². The van der Waals surface area contributed by atoms with Crippen molar-refractivity contribution in [1.29, 1.82) is 0 Å². The number of halogens is 1. The predicted molar refractivity (Wildman–Crippen MR) is 76.6 cm³/mol. The van der Waals surface area contributed by atoms with Crippen LogP contribution in [0.1, 0.15) is 12.5 Å². The highest BCUT2D eigenvalue weighted by molar-refractivity contribution is 7.99. The van der Waals surface area contributed by atoms with Crippen molar-refractivity contribution in [2.24, 2.45) is 10.9 Å². The Kier molecular flexibility index (Phi) is 4.35. The number of H-pyrrole nitrogens is 1. The van der Waals surface area contributed by atoms with E-state index in [-0.39, 0.29) is 11.5 Å². The summed E-state index contributed by atoms with van der Waals surface area (Å²) >= 11 is 7.36. The topological polar surface area (TPSA) is 109 Å². The van der Waals surface area contributed by atoms with Crippen molar-refractivity contribution in [3.8, 4) is 0 Å². The van der Waals surface area contributed by atoms with E-state index in [1.807, 2.05) is 6.92 Å². The fourth-order valence-electron chi connectivity index (χ4n) is 1.59. The molecule has 4 N–H and O–H groups in total. The third-order valence-electron chi connectivity index (χ3n) is 2.57. The summed E-state index contributed by atoms with van der Waals surface area (Å²) in [6, 6.07) is 5.06. The van der Waals surface area contributed by atoms with E-state index < -0.39 is 0 Å². The van der Waals surface area contributed by atoms with Gasteiger partial charge in [0.05, 0.1) is 5.02 Å². The van der Waals surface area contributed by atoms with Crippen molar-refractivity contribution in [1.82, 2.24) is 14.8 Å². The molecule has 0 aliphatic carbocycles. The average Bonchev–Trinajstić information content (AvgIpc) is 2.78. The maximum absolute atomic E-state index is 11.5. The number of hydrogen-bond acceptors (Lipinski definition) is 5. The van der Waals surface area contributed by atoms with Gasteiger partial charge in [0.25, 0.3) is 0 Å². The van der Waals surface area contributed by atoms with Crippen molar-refractivity contribution in [2.75, 3.05) is 0 Å². The van der Waals surface area contributed by atoms with Crippen LogP contribution >= 0.6 is 23.4 Å². The number of aromatic nitrogens is 3. The van der Waals surface area contributed by atoms with Gasteiger partial charge in [-0.05, 0) is 36.9 Å². The van der Waals surface area contributed by atoms with Crippen LogP contribution in [0.5, 0.6) is 0 Å². The smallest absolute Gasteiger partial charge is 0.343 e. The van der Waals surface area contributed by atoms with Crippen LogP contribution in [0.15, 0.2) is 38.2 Å². The standard InChI is InChI=1S/C11H12ClN5O2S/c1-2-17-10(18)14-15-11(17)20-6-3-4-7(8(12)5-6)9(13)16-19/h3-5,19H,2H2,1H3,(H2,13,16)(H,14,18). The summed E-state index contributed by atoms with van der Waals surface area (Å²) in [7, 11) is 0. The molecule has 0 aliphatic heterocycles. The molecule has 0 unspecified atom stereocenters. The number of aromatic amines is 1. The van der Waals surface area contributed by atoms with E-state index >= 15 is 0 Å². The minimum atomic E-state index is -0.255. The van der Waals surface area contributed by atoms with Crippen LogP contribution in [0.4, 0.5) is 0 Å². The fraction of sp³-hybridized carbons (Fsp3) is 0.182. The second-order valence-corrected chi connectivity index (χ2v) is 5.23. The van der Waals surface area contributed by atoms with E-state index in [4.69, 9.17) is 22.5 Å². The van der Waals surface area contributed by atoms with Crippen molar-refractivity contribution >= 4 is 29.2 Å². The maximum atomic E-state index is 11.5. The molecule has 1 aromatic carbocycles. The lowest BCUT2D eigenvalue weighted by atomic mass is 10.2. The van der Waals surface area contributed by atoms with Crippen LogP contribution in [0.2, 0.25) is 5.02 Å². The minimum Gasteiger partial charge on any atom is -0.409 e. The largest absolute Gasteiger partial charge is 0.409 e. The Morgan fingerprint density at radius 3 is 3.00 bits per heavy atom. The molecule has 2 aromatic rings. The lowest BCUT2D eigenvalue weighted by molar-refractivity contribution is 0.318. The lowest BCUT2D eigenvalue weighted by Gasteiger charge is -2.06. The third-order valence-corrected chi connectivity index (χ3v) is 3.87. The number of rotatable bonds is 4. The van der Waals surface area contributed by atoms with Gasteiger partial charge in [-0.1, -0.05) is 16.8 Å². The SMILES string of the molecule is CCn1c(Sc2ccc(C(N)=NO)c(Cl)c2)n[nH]c1=O. The molecular weight excluding hydrogens is 302 g/mol. The number of benzene rings is 1. The van der Waals surface area contributed by atoms with Crippen molar-refractivity contribution in [3.05, 3.63) is 39.3 Å². The Hall–Kier alpha value is -1.93. The Morgan fingerprint density at radius 1 is 1.65 bits per heavy atom. The summed E-state index contributed by atoms with van der Waals surface area (Å²) in [4.78, 5) is 12.2. The number of amidine groups is 1. The molecule has 106 valence electrons. The van der Waals surface area contributed by atoms with Crippen LogP contribution in [0.25, 0.3) is 0 Å². The quantitative estimate of drug-likeness (QED) is 0.343. The zero-order chi connectivity index (χ0) is 14.7. The highest BCUT2D eigenvalue weighted by Crippen LogP contribution is 2.29. The van der Waals surface area contributed by atoms with Gasteiger partial charge in [-0.2, -0.15) is 0 Å². The predicted octanol–water partition coefficient (Wildman–Crippen LogP) is 1.49. The number of nitrogens with one attached hydrogen (secondary N) is 1.